The number of rotatable bonds is 4. The first kappa shape index (κ1) is 14.9. The van der Waals surface area contributed by atoms with Crippen molar-refractivity contribution in [1.29, 1.82) is 0 Å². The Kier molecular flexibility index (Phi) is 4.24. The number of aliphatic hydroxyl groups is 1. The van der Waals surface area contributed by atoms with E-state index in [-0.39, 0.29) is 0 Å². The molecule has 2 aromatic heterocycles. The fraction of sp³-hybridized carbons (Fsp3) is 0.643. The normalized spacial score (nSPS) is 18.1. The molecule has 3 heterocycles. The van der Waals surface area contributed by atoms with Crippen LogP contribution < -0.4 is 4.90 Å². The molecule has 7 heteroatoms. The average Bonchev–Trinajstić information content (AvgIpc) is 3.08. The summed E-state index contributed by atoms with van der Waals surface area (Å²) in [4.78, 5) is 11.2. The van der Waals surface area contributed by atoms with Crippen molar-refractivity contribution < 1.29 is 5.11 Å². The first-order chi connectivity index (χ1) is 10.1. The molecule has 1 saturated heterocycles. The minimum Gasteiger partial charge on any atom is -0.389 e. The third-order valence-electron chi connectivity index (χ3n) is 3.89. The summed E-state index contributed by atoms with van der Waals surface area (Å²) >= 11 is 3.10. The first-order valence-corrected chi connectivity index (χ1v) is 8.94. The zero-order valence-corrected chi connectivity index (χ0v) is 14.0. The number of piperidine rings is 1. The molecule has 21 heavy (non-hydrogen) atoms. The van der Waals surface area contributed by atoms with Gasteiger partial charge >= 0.3 is 0 Å². The maximum Gasteiger partial charge on any atom is 0.205 e. The van der Waals surface area contributed by atoms with Crippen molar-refractivity contribution in [3.05, 3.63) is 21.9 Å². The number of hydrogen-bond donors (Lipinski definition) is 1. The average molecular weight is 324 g/mol. The molecule has 3 rings (SSSR count). The SMILES string of the molecule is CCc1nsc(N2CCC(O)(Cc3nc(C)cs3)CC2)n1. The fourth-order valence-electron chi connectivity index (χ4n) is 2.57. The zero-order chi connectivity index (χ0) is 14.9. The summed E-state index contributed by atoms with van der Waals surface area (Å²) in [6.45, 7) is 5.72. The molecule has 1 fully saturated rings. The van der Waals surface area contributed by atoms with E-state index in [2.05, 4.69) is 26.2 Å². The molecule has 1 aliphatic rings. The molecule has 114 valence electrons. The van der Waals surface area contributed by atoms with Crippen LogP contribution in [0.2, 0.25) is 0 Å². The van der Waals surface area contributed by atoms with Gasteiger partial charge in [0.25, 0.3) is 0 Å². The Balaban J connectivity index is 1.61. The minimum absolute atomic E-state index is 0.626. The molecular weight excluding hydrogens is 304 g/mol. The van der Waals surface area contributed by atoms with E-state index >= 15 is 0 Å². The van der Waals surface area contributed by atoms with Gasteiger partial charge in [0, 0.05) is 48.5 Å². The maximum absolute atomic E-state index is 10.8. The summed E-state index contributed by atoms with van der Waals surface area (Å²) in [5.74, 6) is 0.911. The van der Waals surface area contributed by atoms with Gasteiger partial charge < -0.3 is 10.0 Å². The third-order valence-corrected chi connectivity index (χ3v) is 5.67. The number of aromatic nitrogens is 3. The van der Waals surface area contributed by atoms with Gasteiger partial charge in [0.1, 0.15) is 5.82 Å². The zero-order valence-electron chi connectivity index (χ0n) is 12.4. The summed E-state index contributed by atoms with van der Waals surface area (Å²) in [6, 6.07) is 0. The van der Waals surface area contributed by atoms with Gasteiger partial charge in [0.15, 0.2) is 0 Å². The quantitative estimate of drug-likeness (QED) is 0.936. The third kappa shape index (κ3) is 3.41. The number of nitrogens with zero attached hydrogens (tertiary/aromatic N) is 4. The smallest absolute Gasteiger partial charge is 0.205 e. The van der Waals surface area contributed by atoms with Crippen LogP contribution in [0.15, 0.2) is 5.38 Å². The van der Waals surface area contributed by atoms with Crippen LogP contribution in [0.5, 0.6) is 0 Å². The van der Waals surface area contributed by atoms with Crippen LogP contribution in [-0.2, 0) is 12.8 Å². The van der Waals surface area contributed by atoms with Crippen molar-refractivity contribution in [3.63, 3.8) is 0 Å². The molecule has 0 aliphatic carbocycles. The molecule has 0 atom stereocenters. The Morgan fingerprint density at radius 3 is 2.67 bits per heavy atom. The monoisotopic (exact) mass is 324 g/mol. The van der Waals surface area contributed by atoms with E-state index < -0.39 is 5.60 Å². The second-order valence-electron chi connectivity index (χ2n) is 5.62. The largest absolute Gasteiger partial charge is 0.389 e. The Hall–Kier alpha value is -1.05. The van der Waals surface area contributed by atoms with Gasteiger partial charge in [-0.3, -0.25) is 0 Å². The molecule has 1 N–H and O–H groups in total. The summed E-state index contributed by atoms with van der Waals surface area (Å²) < 4.78 is 4.33. The molecule has 0 radical (unpaired) electrons. The number of thiazole rings is 1. The highest BCUT2D eigenvalue weighted by molar-refractivity contribution is 7.10. The topological polar surface area (TPSA) is 62.1 Å². The van der Waals surface area contributed by atoms with Gasteiger partial charge in [0.2, 0.25) is 5.13 Å². The predicted octanol–water partition coefficient (Wildman–Crippen LogP) is 2.44. The van der Waals surface area contributed by atoms with Crippen molar-refractivity contribution >= 4 is 28.0 Å². The summed E-state index contributed by atoms with van der Waals surface area (Å²) in [6.07, 6.45) is 3.05. The standard InChI is InChI=1S/C14H20N4OS2/c1-3-11-16-13(21-17-11)18-6-4-14(19,5-7-18)8-12-15-10(2)9-20-12/h9,19H,3-8H2,1-2H3. The predicted molar refractivity (Wildman–Crippen MR) is 86.2 cm³/mol. The highest BCUT2D eigenvalue weighted by Crippen LogP contribution is 2.30. The van der Waals surface area contributed by atoms with E-state index in [4.69, 9.17) is 0 Å². The highest BCUT2D eigenvalue weighted by atomic mass is 32.1. The van der Waals surface area contributed by atoms with E-state index in [0.717, 1.165) is 54.0 Å². The van der Waals surface area contributed by atoms with Crippen LogP contribution in [0.1, 0.15) is 36.3 Å². The van der Waals surface area contributed by atoms with E-state index in [9.17, 15) is 5.11 Å². The van der Waals surface area contributed by atoms with Crippen LogP contribution >= 0.6 is 22.9 Å². The van der Waals surface area contributed by atoms with Crippen LogP contribution in [0, 0.1) is 6.92 Å². The van der Waals surface area contributed by atoms with Crippen molar-refractivity contribution in [2.75, 3.05) is 18.0 Å². The molecule has 1 aliphatic heterocycles. The Morgan fingerprint density at radius 1 is 1.33 bits per heavy atom. The van der Waals surface area contributed by atoms with Crippen LogP contribution in [-0.4, -0.2) is 38.1 Å². The lowest BCUT2D eigenvalue weighted by Crippen LogP contribution is -2.45. The lowest BCUT2D eigenvalue weighted by atomic mass is 9.88. The Bertz CT molecular complexity index is 602. The molecule has 5 nitrogen and oxygen atoms in total. The maximum atomic E-state index is 10.8. The molecule has 0 unspecified atom stereocenters. The van der Waals surface area contributed by atoms with Crippen molar-refractivity contribution in [3.8, 4) is 0 Å². The summed E-state index contributed by atoms with van der Waals surface area (Å²) in [5, 5.41) is 14.8. The number of hydrogen-bond acceptors (Lipinski definition) is 7. The van der Waals surface area contributed by atoms with Crippen LogP contribution in [0.25, 0.3) is 0 Å². The van der Waals surface area contributed by atoms with Crippen molar-refractivity contribution in [2.45, 2.75) is 45.1 Å². The van der Waals surface area contributed by atoms with Gasteiger partial charge in [-0.1, -0.05) is 6.92 Å². The van der Waals surface area contributed by atoms with Crippen molar-refractivity contribution in [1.82, 2.24) is 14.3 Å². The van der Waals surface area contributed by atoms with E-state index in [1.807, 2.05) is 12.3 Å². The van der Waals surface area contributed by atoms with E-state index in [0.29, 0.717) is 6.42 Å². The number of anilines is 1. The summed E-state index contributed by atoms with van der Waals surface area (Å²) in [5.41, 5.74) is 0.413. The minimum atomic E-state index is -0.626. The molecular formula is C14H20N4OS2. The second-order valence-corrected chi connectivity index (χ2v) is 7.29. The van der Waals surface area contributed by atoms with Gasteiger partial charge in [-0.15, -0.1) is 11.3 Å². The lowest BCUT2D eigenvalue weighted by Gasteiger charge is -2.37. The van der Waals surface area contributed by atoms with Crippen LogP contribution in [0.3, 0.4) is 0 Å². The Labute approximate surface area is 132 Å². The van der Waals surface area contributed by atoms with Crippen molar-refractivity contribution in [2.24, 2.45) is 0 Å². The molecule has 0 spiro atoms. The van der Waals surface area contributed by atoms with E-state index in [1.54, 1.807) is 11.3 Å². The second kappa shape index (κ2) is 5.98. The Morgan fingerprint density at radius 2 is 2.10 bits per heavy atom. The molecule has 0 saturated carbocycles. The first-order valence-electron chi connectivity index (χ1n) is 7.29. The van der Waals surface area contributed by atoms with Gasteiger partial charge in [-0.05, 0) is 19.8 Å². The molecule has 2 aromatic rings. The highest BCUT2D eigenvalue weighted by Gasteiger charge is 2.34. The molecule has 0 aromatic carbocycles. The number of aryl methyl sites for hydroxylation is 2. The van der Waals surface area contributed by atoms with E-state index in [1.165, 1.54) is 11.5 Å². The fourth-order valence-corrected chi connectivity index (χ4v) is 4.28. The molecule has 0 bridgehead atoms. The van der Waals surface area contributed by atoms with Gasteiger partial charge in [0.05, 0.1) is 10.6 Å². The van der Waals surface area contributed by atoms with Gasteiger partial charge in [-0.25, -0.2) is 9.97 Å². The lowest BCUT2D eigenvalue weighted by molar-refractivity contribution is 0.0165. The summed E-state index contributed by atoms with van der Waals surface area (Å²) in [7, 11) is 0. The van der Waals surface area contributed by atoms with Gasteiger partial charge in [-0.2, -0.15) is 4.37 Å². The molecule has 0 amide bonds. The van der Waals surface area contributed by atoms with Crippen LogP contribution in [0.4, 0.5) is 5.13 Å².